The summed E-state index contributed by atoms with van der Waals surface area (Å²) in [5.41, 5.74) is 3.01. The van der Waals surface area contributed by atoms with E-state index in [9.17, 15) is 27.6 Å². The van der Waals surface area contributed by atoms with Crippen molar-refractivity contribution >= 4 is 29.1 Å². The van der Waals surface area contributed by atoms with Gasteiger partial charge in [0.05, 0.1) is 24.0 Å². The summed E-state index contributed by atoms with van der Waals surface area (Å²) in [6.45, 7) is 6.51. The lowest BCUT2D eigenvalue weighted by atomic mass is 10.0. The van der Waals surface area contributed by atoms with Crippen LogP contribution >= 0.6 is 0 Å². The Kier molecular flexibility index (Phi) is 13.4. The summed E-state index contributed by atoms with van der Waals surface area (Å²) in [5, 5.41) is 5.71. The molecule has 4 aromatic rings. The van der Waals surface area contributed by atoms with Gasteiger partial charge in [0.2, 0.25) is 5.91 Å². The standard InChI is InChI=1S/C43H49F3N6O4/c1-3-56-30(2)49-41(54)39-17-8-11-22-51(39)29-52(42(55)32-14-6-4-7-15-32)37-25-34(24-36(27-37)50-20-9-5-10-21-50)38-26-33(18-19-47-38)40(53)48-28-31-13-12-16-35(23-31)43(44,45)46/h4,6-7,12-16,18-19,23-27,30,39H,3,5,8-11,17,20-22,28-29H2,1-2H3,(H,48,53)(H,49,54). The third kappa shape index (κ3) is 10.3. The topological polar surface area (TPSA) is 107 Å². The molecule has 56 heavy (non-hydrogen) atoms. The van der Waals surface area contributed by atoms with Gasteiger partial charge in [-0.25, -0.2) is 0 Å². The van der Waals surface area contributed by atoms with E-state index in [1.807, 2.05) is 43.3 Å². The number of nitrogens with zero attached hydrogens (tertiary/aromatic N) is 4. The first-order valence-corrected chi connectivity index (χ1v) is 19.3. The third-order valence-electron chi connectivity index (χ3n) is 10.2. The zero-order valence-corrected chi connectivity index (χ0v) is 31.9. The maximum absolute atomic E-state index is 14.5. The number of amides is 3. The fourth-order valence-electron chi connectivity index (χ4n) is 7.33. The Balaban J connectivity index is 1.34. The van der Waals surface area contributed by atoms with E-state index in [2.05, 4.69) is 25.4 Å². The number of aromatic nitrogens is 1. The molecule has 2 atom stereocenters. The molecule has 3 amide bonds. The first-order valence-electron chi connectivity index (χ1n) is 19.3. The Labute approximate surface area is 326 Å². The van der Waals surface area contributed by atoms with Crippen molar-refractivity contribution in [3.63, 3.8) is 0 Å². The van der Waals surface area contributed by atoms with E-state index in [-0.39, 0.29) is 30.6 Å². The summed E-state index contributed by atoms with van der Waals surface area (Å²) in [6, 6.07) is 22.6. The van der Waals surface area contributed by atoms with Crippen LogP contribution in [-0.4, -0.2) is 72.8 Å². The Morgan fingerprint density at radius 1 is 0.893 bits per heavy atom. The molecule has 2 fully saturated rings. The number of hydrogen-bond donors (Lipinski definition) is 2. The molecule has 2 aliphatic heterocycles. The van der Waals surface area contributed by atoms with Gasteiger partial charge < -0.3 is 20.3 Å². The van der Waals surface area contributed by atoms with E-state index in [1.165, 1.54) is 18.3 Å². The second-order valence-electron chi connectivity index (χ2n) is 14.3. The molecule has 0 aliphatic carbocycles. The molecule has 3 heterocycles. The quantitative estimate of drug-likeness (QED) is 0.135. The lowest BCUT2D eigenvalue weighted by molar-refractivity contribution is -0.137. The number of benzene rings is 3. The molecular formula is C43H49F3N6O4. The Morgan fingerprint density at radius 2 is 1.66 bits per heavy atom. The maximum atomic E-state index is 14.5. The highest BCUT2D eigenvalue weighted by Gasteiger charge is 2.33. The van der Waals surface area contributed by atoms with Gasteiger partial charge >= 0.3 is 6.18 Å². The average molecular weight is 771 g/mol. The molecule has 1 aromatic heterocycles. The van der Waals surface area contributed by atoms with E-state index in [0.29, 0.717) is 47.6 Å². The number of nitrogens with one attached hydrogen (secondary N) is 2. The minimum absolute atomic E-state index is 0.0916. The monoisotopic (exact) mass is 770 g/mol. The fraction of sp³-hybridized carbons (Fsp3) is 0.395. The minimum atomic E-state index is -4.49. The molecule has 0 saturated carbocycles. The number of ether oxygens (including phenoxy) is 1. The molecule has 0 radical (unpaired) electrons. The van der Waals surface area contributed by atoms with E-state index in [4.69, 9.17) is 4.74 Å². The number of pyridine rings is 1. The number of hydrogen-bond acceptors (Lipinski definition) is 7. The highest BCUT2D eigenvalue weighted by atomic mass is 19.4. The minimum Gasteiger partial charge on any atom is -0.371 e. The van der Waals surface area contributed by atoms with Gasteiger partial charge in [-0.05, 0) is 106 Å². The molecule has 2 N–H and O–H groups in total. The molecule has 13 heteroatoms. The SMILES string of the molecule is CCOC(C)NC(=O)C1CCCCN1CN(C(=O)c1ccccc1)c1cc(-c2cc(C(=O)NCc3cccc(C(F)(F)F)c3)ccn2)cc(N2CCCCC2)c1. The molecule has 2 unspecified atom stereocenters. The zero-order chi connectivity index (χ0) is 39.7. The number of alkyl halides is 3. The summed E-state index contributed by atoms with van der Waals surface area (Å²) in [5.74, 6) is -0.837. The second kappa shape index (κ2) is 18.6. The molecule has 296 valence electrons. The Hall–Kier alpha value is -5.27. The summed E-state index contributed by atoms with van der Waals surface area (Å²) in [6.07, 6.45) is 2.16. The number of piperidine rings is 2. The number of halogens is 3. The van der Waals surface area contributed by atoms with Crippen molar-refractivity contribution in [2.45, 2.75) is 77.4 Å². The summed E-state index contributed by atoms with van der Waals surface area (Å²) in [7, 11) is 0. The smallest absolute Gasteiger partial charge is 0.371 e. The highest BCUT2D eigenvalue weighted by molar-refractivity contribution is 6.06. The van der Waals surface area contributed by atoms with Gasteiger partial charge in [-0.15, -0.1) is 0 Å². The normalized spacial score (nSPS) is 16.9. The number of rotatable bonds is 13. The van der Waals surface area contributed by atoms with Gasteiger partial charge in [-0.3, -0.25) is 29.2 Å². The van der Waals surface area contributed by atoms with Crippen LogP contribution in [-0.2, 0) is 22.3 Å². The second-order valence-corrected chi connectivity index (χ2v) is 14.3. The predicted octanol–water partition coefficient (Wildman–Crippen LogP) is 7.65. The van der Waals surface area contributed by atoms with Crippen LogP contribution in [0.15, 0.2) is 91.1 Å². The van der Waals surface area contributed by atoms with Gasteiger partial charge in [0.25, 0.3) is 11.8 Å². The van der Waals surface area contributed by atoms with Crippen LogP contribution in [0.2, 0.25) is 0 Å². The summed E-state index contributed by atoms with van der Waals surface area (Å²) < 4.78 is 45.4. The van der Waals surface area contributed by atoms with Crippen LogP contribution in [0.3, 0.4) is 0 Å². The molecular weight excluding hydrogens is 722 g/mol. The number of carbonyl (C=O) groups excluding carboxylic acids is 3. The van der Waals surface area contributed by atoms with Crippen LogP contribution in [0.1, 0.15) is 84.2 Å². The van der Waals surface area contributed by atoms with E-state index in [1.54, 1.807) is 36.1 Å². The number of likely N-dealkylation sites (tertiary alicyclic amines) is 1. The molecule has 0 spiro atoms. The predicted molar refractivity (Wildman–Crippen MR) is 210 cm³/mol. The lowest BCUT2D eigenvalue weighted by Crippen LogP contribution is -2.55. The fourth-order valence-corrected chi connectivity index (χ4v) is 7.33. The lowest BCUT2D eigenvalue weighted by Gasteiger charge is -2.39. The number of anilines is 2. The van der Waals surface area contributed by atoms with Crippen molar-refractivity contribution in [1.29, 1.82) is 0 Å². The molecule has 6 rings (SSSR count). The van der Waals surface area contributed by atoms with Gasteiger partial charge in [0, 0.05) is 67.0 Å². The average Bonchev–Trinajstić information content (AvgIpc) is 3.22. The summed E-state index contributed by atoms with van der Waals surface area (Å²) >= 11 is 0. The van der Waals surface area contributed by atoms with Crippen molar-refractivity contribution < 1.29 is 32.3 Å². The van der Waals surface area contributed by atoms with Crippen LogP contribution in [0, 0.1) is 0 Å². The Bertz CT molecular complexity index is 1970. The molecule has 2 saturated heterocycles. The van der Waals surface area contributed by atoms with Crippen molar-refractivity contribution in [3.05, 3.63) is 113 Å². The molecule has 2 aliphatic rings. The van der Waals surface area contributed by atoms with E-state index in [0.717, 1.165) is 63.0 Å². The van der Waals surface area contributed by atoms with Crippen molar-refractivity contribution in [3.8, 4) is 11.3 Å². The number of carbonyl (C=O) groups is 3. The van der Waals surface area contributed by atoms with Crippen LogP contribution < -0.4 is 20.4 Å². The van der Waals surface area contributed by atoms with Gasteiger partial charge in [-0.2, -0.15) is 13.2 Å². The first-order chi connectivity index (χ1) is 27.0. The maximum Gasteiger partial charge on any atom is 0.416 e. The van der Waals surface area contributed by atoms with Gasteiger partial charge in [-0.1, -0.05) is 36.8 Å². The largest absolute Gasteiger partial charge is 0.416 e. The van der Waals surface area contributed by atoms with Crippen LogP contribution in [0.4, 0.5) is 24.5 Å². The Morgan fingerprint density at radius 3 is 2.41 bits per heavy atom. The van der Waals surface area contributed by atoms with E-state index < -0.39 is 29.9 Å². The molecule has 0 bridgehead atoms. The van der Waals surface area contributed by atoms with Crippen molar-refractivity contribution in [2.75, 3.05) is 42.7 Å². The van der Waals surface area contributed by atoms with Crippen LogP contribution in [0.5, 0.6) is 0 Å². The third-order valence-corrected chi connectivity index (χ3v) is 10.2. The first kappa shape index (κ1) is 40.4. The summed E-state index contributed by atoms with van der Waals surface area (Å²) in [4.78, 5) is 52.2. The van der Waals surface area contributed by atoms with E-state index >= 15 is 0 Å². The van der Waals surface area contributed by atoms with Gasteiger partial charge in [0.15, 0.2) is 0 Å². The van der Waals surface area contributed by atoms with Crippen molar-refractivity contribution in [2.24, 2.45) is 0 Å². The van der Waals surface area contributed by atoms with Gasteiger partial charge in [0.1, 0.15) is 6.23 Å². The van der Waals surface area contributed by atoms with Crippen LogP contribution in [0.25, 0.3) is 11.3 Å². The zero-order valence-electron chi connectivity index (χ0n) is 31.9. The molecule has 3 aromatic carbocycles. The molecule has 10 nitrogen and oxygen atoms in total. The van der Waals surface area contributed by atoms with Crippen molar-refractivity contribution in [1.82, 2.24) is 20.5 Å². The highest BCUT2D eigenvalue weighted by Crippen LogP contribution is 2.34.